The molecule has 0 spiro atoms. The number of hydrogen-bond acceptors (Lipinski definition) is 2. The number of carbonyl (C=O) groups is 2. The van der Waals surface area contributed by atoms with Gasteiger partial charge in [0.05, 0.1) is 5.41 Å². The number of hydrogen-bond donors (Lipinski definition) is 2. The highest BCUT2D eigenvalue weighted by molar-refractivity contribution is 5.81. The van der Waals surface area contributed by atoms with Crippen molar-refractivity contribution in [3.8, 4) is 0 Å². The molecular formula is C20H29NO3. The second kappa shape index (κ2) is 8.32. The zero-order valence-electron chi connectivity index (χ0n) is 14.8. The predicted molar refractivity (Wildman–Crippen MR) is 94.6 cm³/mol. The molecule has 24 heavy (non-hydrogen) atoms. The maximum Gasteiger partial charge on any atom is 0.311 e. The summed E-state index contributed by atoms with van der Waals surface area (Å²) in [4.78, 5) is 24.3. The van der Waals surface area contributed by atoms with Gasteiger partial charge in [-0.15, -0.1) is 0 Å². The largest absolute Gasteiger partial charge is 0.481 e. The Morgan fingerprint density at radius 2 is 1.79 bits per heavy atom. The molecule has 0 heterocycles. The summed E-state index contributed by atoms with van der Waals surface area (Å²) in [5.74, 6) is -0.479. The minimum atomic E-state index is -0.774. The third-order valence-corrected chi connectivity index (χ3v) is 5.07. The Morgan fingerprint density at radius 1 is 1.17 bits per heavy atom. The molecule has 0 aliphatic heterocycles. The second-order valence-corrected chi connectivity index (χ2v) is 7.53. The standard InChI is InChI=1S/C20H29NO3/c1-15(2)12-17(13-16-8-4-3-5-9-16)18(22)21-14-20(19(23)24)10-6-7-11-20/h3-5,8-9,15,17H,6-7,10-14H2,1-2H3,(H,21,22)(H,23,24). The first kappa shape index (κ1) is 18.5. The van der Waals surface area contributed by atoms with Gasteiger partial charge in [0.15, 0.2) is 0 Å². The van der Waals surface area contributed by atoms with Crippen LogP contribution in [-0.4, -0.2) is 23.5 Å². The molecule has 1 saturated carbocycles. The van der Waals surface area contributed by atoms with E-state index in [2.05, 4.69) is 19.2 Å². The van der Waals surface area contributed by atoms with Crippen LogP contribution >= 0.6 is 0 Å². The van der Waals surface area contributed by atoms with Gasteiger partial charge in [-0.2, -0.15) is 0 Å². The fourth-order valence-electron chi connectivity index (χ4n) is 3.67. The Bertz CT molecular complexity index is 547. The van der Waals surface area contributed by atoms with E-state index < -0.39 is 11.4 Å². The highest BCUT2D eigenvalue weighted by Crippen LogP contribution is 2.37. The lowest BCUT2D eigenvalue weighted by molar-refractivity contribution is -0.148. The molecule has 4 heteroatoms. The van der Waals surface area contributed by atoms with E-state index in [1.807, 2.05) is 30.3 Å². The number of amides is 1. The smallest absolute Gasteiger partial charge is 0.311 e. The minimum Gasteiger partial charge on any atom is -0.481 e. The van der Waals surface area contributed by atoms with Gasteiger partial charge in [-0.1, -0.05) is 57.0 Å². The van der Waals surface area contributed by atoms with Crippen molar-refractivity contribution in [1.82, 2.24) is 5.32 Å². The van der Waals surface area contributed by atoms with Crippen molar-refractivity contribution in [2.45, 2.75) is 52.4 Å². The zero-order chi connectivity index (χ0) is 17.6. The van der Waals surface area contributed by atoms with E-state index in [4.69, 9.17) is 0 Å². The third kappa shape index (κ3) is 4.83. The van der Waals surface area contributed by atoms with Gasteiger partial charge in [-0.05, 0) is 37.2 Å². The first-order valence-electron chi connectivity index (χ1n) is 8.98. The van der Waals surface area contributed by atoms with Gasteiger partial charge in [0.1, 0.15) is 0 Å². The lowest BCUT2D eigenvalue weighted by Crippen LogP contribution is -2.43. The lowest BCUT2D eigenvalue weighted by atomic mass is 9.85. The van der Waals surface area contributed by atoms with Crippen molar-refractivity contribution in [3.63, 3.8) is 0 Å². The van der Waals surface area contributed by atoms with Crippen LogP contribution in [0.3, 0.4) is 0 Å². The van der Waals surface area contributed by atoms with Crippen LogP contribution in [0.2, 0.25) is 0 Å². The molecule has 0 radical (unpaired) electrons. The van der Waals surface area contributed by atoms with Gasteiger partial charge in [-0.3, -0.25) is 9.59 Å². The Morgan fingerprint density at radius 3 is 2.33 bits per heavy atom. The fourth-order valence-corrected chi connectivity index (χ4v) is 3.67. The molecule has 1 atom stereocenters. The summed E-state index contributed by atoms with van der Waals surface area (Å²) >= 11 is 0. The molecule has 0 aromatic heterocycles. The molecule has 1 amide bonds. The third-order valence-electron chi connectivity index (χ3n) is 5.07. The highest BCUT2D eigenvalue weighted by Gasteiger charge is 2.41. The Labute approximate surface area is 144 Å². The van der Waals surface area contributed by atoms with Gasteiger partial charge >= 0.3 is 5.97 Å². The molecule has 1 fully saturated rings. The summed E-state index contributed by atoms with van der Waals surface area (Å²) in [5.41, 5.74) is 0.386. The van der Waals surface area contributed by atoms with Crippen LogP contribution in [0, 0.1) is 17.3 Å². The molecule has 132 valence electrons. The summed E-state index contributed by atoms with van der Waals surface area (Å²) < 4.78 is 0. The van der Waals surface area contributed by atoms with Crippen LogP contribution < -0.4 is 5.32 Å². The monoisotopic (exact) mass is 331 g/mol. The topological polar surface area (TPSA) is 66.4 Å². The Hall–Kier alpha value is -1.84. The SMILES string of the molecule is CC(C)CC(Cc1ccccc1)C(=O)NCC1(C(=O)O)CCCC1. The van der Waals surface area contributed by atoms with Crippen LogP contribution in [0.5, 0.6) is 0 Å². The van der Waals surface area contributed by atoms with E-state index in [0.717, 1.165) is 24.8 Å². The number of carboxylic acid groups (broad SMARTS) is 1. The molecule has 1 aliphatic carbocycles. The van der Waals surface area contributed by atoms with Crippen LogP contribution in [0.15, 0.2) is 30.3 Å². The highest BCUT2D eigenvalue weighted by atomic mass is 16.4. The quantitative estimate of drug-likeness (QED) is 0.764. The predicted octanol–water partition coefficient (Wildman–Crippen LogP) is 3.65. The molecule has 2 N–H and O–H groups in total. The second-order valence-electron chi connectivity index (χ2n) is 7.53. The van der Waals surface area contributed by atoms with Crippen LogP contribution in [0.25, 0.3) is 0 Å². The number of carboxylic acids is 1. The van der Waals surface area contributed by atoms with E-state index in [1.165, 1.54) is 0 Å². The Kier molecular flexibility index (Phi) is 6.41. The van der Waals surface area contributed by atoms with E-state index in [-0.39, 0.29) is 18.4 Å². The molecule has 1 unspecified atom stereocenters. The number of carbonyl (C=O) groups excluding carboxylic acids is 1. The van der Waals surface area contributed by atoms with Crippen LogP contribution in [-0.2, 0) is 16.0 Å². The van der Waals surface area contributed by atoms with Gasteiger partial charge in [0, 0.05) is 12.5 Å². The van der Waals surface area contributed by atoms with E-state index in [0.29, 0.717) is 25.2 Å². The van der Waals surface area contributed by atoms with Crippen molar-refractivity contribution in [2.24, 2.45) is 17.3 Å². The molecule has 4 nitrogen and oxygen atoms in total. The fraction of sp³-hybridized carbons (Fsp3) is 0.600. The van der Waals surface area contributed by atoms with Gasteiger partial charge in [0.2, 0.25) is 5.91 Å². The van der Waals surface area contributed by atoms with E-state index >= 15 is 0 Å². The van der Waals surface area contributed by atoms with Crippen molar-refractivity contribution in [2.75, 3.05) is 6.54 Å². The minimum absolute atomic E-state index is 0.0138. The maximum atomic E-state index is 12.7. The number of rotatable bonds is 8. The number of benzene rings is 1. The molecule has 1 aromatic rings. The molecule has 1 aliphatic rings. The van der Waals surface area contributed by atoms with Crippen LogP contribution in [0.4, 0.5) is 0 Å². The summed E-state index contributed by atoms with van der Waals surface area (Å²) in [7, 11) is 0. The maximum absolute atomic E-state index is 12.7. The summed E-state index contributed by atoms with van der Waals surface area (Å²) in [6, 6.07) is 10.0. The first-order valence-corrected chi connectivity index (χ1v) is 8.98. The molecule has 0 saturated heterocycles. The average Bonchev–Trinajstić information content (AvgIpc) is 3.03. The molecule has 2 rings (SSSR count). The number of aliphatic carboxylic acids is 1. The van der Waals surface area contributed by atoms with Crippen molar-refractivity contribution < 1.29 is 14.7 Å². The van der Waals surface area contributed by atoms with E-state index in [1.54, 1.807) is 0 Å². The van der Waals surface area contributed by atoms with Crippen LogP contribution in [0.1, 0.15) is 51.5 Å². The van der Waals surface area contributed by atoms with Gasteiger partial charge < -0.3 is 10.4 Å². The average molecular weight is 331 g/mol. The Balaban J connectivity index is 2.00. The normalized spacial score (nSPS) is 17.6. The summed E-state index contributed by atoms with van der Waals surface area (Å²) in [6.07, 6.45) is 4.70. The first-order chi connectivity index (χ1) is 11.4. The summed E-state index contributed by atoms with van der Waals surface area (Å²) in [5, 5.41) is 12.5. The van der Waals surface area contributed by atoms with Crippen molar-refractivity contribution in [1.29, 1.82) is 0 Å². The molecular weight excluding hydrogens is 302 g/mol. The summed E-state index contributed by atoms with van der Waals surface area (Å²) in [6.45, 7) is 4.48. The van der Waals surface area contributed by atoms with Crippen molar-refractivity contribution >= 4 is 11.9 Å². The van der Waals surface area contributed by atoms with Gasteiger partial charge in [-0.25, -0.2) is 0 Å². The van der Waals surface area contributed by atoms with E-state index in [9.17, 15) is 14.7 Å². The zero-order valence-corrected chi connectivity index (χ0v) is 14.8. The lowest BCUT2D eigenvalue weighted by Gasteiger charge is -2.26. The molecule has 1 aromatic carbocycles. The molecule has 0 bridgehead atoms. The number of nitrogens with one attached hydrogen (secondary N) is 1. The van der Waals surface area contributed by atoms with Crippen molar-refractivity contribution in [3.05, 3.63) is 35.9 Å². The van der Waals surface area contributed by atoms with Gasteiger partial charge in [0.25, 0.3) is 0 Å².